The fourth-order valence-electron chi connectivity index (χ4n) is 2.54. The lowest BCUT2D eigenvalue weighted by Gasteiger charge is -2.12. The van der Waals surface area contributed by atoms with Crippen LogP contribution in [0.25, 0.3) is 10.9 Å². The molecule has 1 heterocycles. The molecule has 0 aliphatic rings. The maximum atomic E-state index is 12.6. The van der Waals surface area contributed by atoms with Crippen molar-refractivity contribution in [1.29, 1.82) is 0 Å². The Balaban J connectivity index is 2.02. The predicted octanol–water partition coefficient (Wildman–Crippen LogP) is 5.62. The second kappa shape index (κ2) is 8.13. The van der Waals surface area contributed by atoms with Gasteiger partial charge in [0.25, 0.3) is 5.91 Å². The number of benzene rings is 2. The Morgan fingerprint density at radius 1 is 1.07 bits per heavy atom. The number of hydrogen-bond donors (Lipinski definition) is 1. The predicted molar refractivity (Wildman–Crippen MR) is 107 cm³/mol. The van der Waals surface area contributed by atoms with Gasteiger partial charge in [-0.2, -0.15) is 0 Å². The van der Waals surface area contributed by atoms with E-state index in [-0.39, 0.29) is 32.8 Å². The Hall–Kier alpha value is -2.34. The minimum atomic E-state index is -0.561. The molecule has 0 atom stereocenters. The molecule has 0 unspecified atom stereocenters. The number of rotatable bonds is 4. The van der Waals surface area contributed by atoms with Crippen LogP contribution in [0.5, 0.6) is 0 Å². The lowest BCUT2D eigenvalue weighted by molar-refractivity contribution is 0.0526. The van der Waals surface area contributed by atoms with Gasteiger partial charge in [0.15, 0.2) is 0 Å². The van der Waals surface area contributed by atoms with E-state index in [1.54, 1.807) is 43.3 Å². The van der Waals surface area contributed by atoms with Crippen LogP contribution in [-0.2, 0) is 4.74 Å². The first-order valence-electron chi connectivity index (χ1n) is 7.93. The number of nitrogens with zero attached hydrogens (tertiary/aromatic N) is 1. The van der Waals surface area contributed by atoms with E-state index in [4.69, 9.17) is 39.5 Å². The second-order valence-electron chi connectivity index (χ2n) is 5.46. The van der Waals surface area contributed by atoms with Gasteiger partial charge in [0.1, 0.15) is 0 Å². The molecule has 3 rings (SSSR count). The van der Waals surface area contributed by atoms with Gasteiger partial charge in [-0.25, -0.2) is 4.79 Å². The molecule has 0 bridgehead atoms. The Bertz CT molecular complexity index is 1030. The number of esters is 1. The molecule has 138 valence electrons. The molecule has 2 aromatic carbocycles. The third-order valence-electron chi connectivity index (χ3n) is 3.77. The second-order valence-corrected chi connectivity index (χ2v) is 6.65. The van der Waals surface area contributed by atoms with Crippen LogP contribution in [0.3, 0.4) is 0 Å². The van der Waals surface area contributed by atoms with Crippen LogP contribution in [0.15, 0.2) is 42.6 Å². The van der Waals surface area contributed by atoms with Crippen LogP contribution in [-0.4, -0.2) is 23.5 Å². The minimum absolute atomic E-state index is 0.156. The summed E-state index contributed by atoms with van der Waals surface area (Å²) in [6, 6.07) is 9.86. The molecule has 0 aliphatic heterocycles. The van der Waals surface area contributed by atoms with Crippen molar-refractivity contribution in [3.05, 3.63) is 68.8 Å². The zero-order valence-corrected chi connectivity index (χ0v) is 16.3. The number of fused-ring (bicyclic) bond motifs is 1. The van der Waals surface area contributed by atoms with Gasteiger partial charge in [-0.1, -0.05) is 53.0 Å². The number of aromatic nitrogens is 1. The number of carbonyl (C=O) groups is 2. The summed E-state index contributed by atoms with van der Waals surface area (Å²) in [5, 5.41) is 3.91. The normalized spacial score (nSPS) is 10.7. The molecule has 1 aromatic heterocycles. The first kappa shape index (κ1) is 19.4. The molecule has 1 N–H and O–H groups in total. The van der Waals surface area contributed by atoms with Gasteiger partial charge in [-0.15, -0.1) is 0 Å². The molecule has 0 spiro atoms. The number of carbonyl (C=O) groups excluding carboxylic acids is 2. The molecule has 1 amide bonds. The standard InChI is InChI=1S/C19H13Cl3N2O3/c1-2-27-19(26)11-9-23-17-10(16(11)22)5-3-8-14(17)24-18(25)15-12(20)6-4-7-13(15)21/h3-9H,2H2,1H3,(H,24,25). The number of pyridine rings is 1. The fraction of sp³-hybridized carbons (Fsp3) is 0.105. The molecule has 0 fully saturated rings. The van der Waals surface area contributed by atoms with Crippen LogP contribution in [0.2, 0.25) is 15.1 Å². The SMILES string of the molecule is CCOC(=O)c1cnc2c(NC(=O)c3c(Cl)cccc3Cl)cccc2c1Cl. The van der Waals surface area contributed by atoms with Crippen LogP contribution in [0.4, 0.5) is 5.69 Å². The molecular formula is C19H13Cl3N2O3. The van der Waals surface area contributed by atoms with Crippen molar-refractivity contribution in [1.82, 2.24) is 4.98 Å². The van der Waals surface area contributed by atoms with Crippen molar-refractivity contribution in [3.63, 3.8) is 0 Å². The molecule has 8 heteroatoms. The van der Waals surface area contributed by atoms with Crippen molar-refractivity contribution < 1.29 is 14.3 Å². The number of anilines is 1. The number of halogens is 3. The number of para-hydroxylation sites is 1. The number of amides is 1. The zero-order chi connectivity index (χ0) is 19.6. The summed E-state index contributed by atoms with van der Waals surface area (Å²) < 4.78 is 4.97. The van der Waals surface area contributed by atoms with Crippen molar-refractivity contribution in [2.24, 2.45) is 0 Å². The molecule has 0 aliphatic carbocycles. The molecule has 0 saturated heterocycles. The summed E-state index contributed by atoms with van der Waals surface area (Å²) >= 11 is 18.5. The lowest BCUT2D eigenvalue weighted by Crippen LogP contribution is -2.14. The molecule has 27 heavy (non-hydrogen) atoms. The quantitative estimate of drug-likeness (QED) is 0.553. The van der Waals surface area contributed by atoms with E-state index in [0.717, 1.165) is 0 Å². The van der Waals surface area contributed by atoms with Gasteiger partial charge in [-0.05, 0) is 25.1 Å². The van der Waals surface area contributed by atoms with Gasteiger partial charge >= 0.3 is 5.97 Å². The Labute approximate surface area is 170 Å². The molecular weight excluding hydrogens is 411 g/mol. The highest BCUT2D eigenvalue weighted by Gasteiger charge is 2.19. The first-order valence-corrected chi connectivity index (χ1v) is 9.07. The van der Waals surface area contributed by atoms with E-state index in [1.165, 1.54) is 6.20 Å². The Kier molecular flexibility index (Phi) is 5.85. The first-order chi connectivity index (χ1) is 12.9. The van der Waals surface area contributed by atoms with Crippen LogP contribution >= 0.6 is 34.8 Å². The van der Waals surface area contributed by atoms with Gasteiger partial charge in [0, 0.05) is 11.6 Å². The van der Waals surface area contributed by atoms with E-state index in [1.807, 2.05) is 0 Å². The largest absolute Gasteiger partial charge is 0.462 e. The van der Waals surface area contributed by atoms with Crippen molar-refractivity contribution in [2.45, 2.75) is 6.92 Å². The third-order valence-corrected chi connectivity index (χ3v) is 4.80. The summed E-state index contributed by atoms with van der Waals surface area (Å²) in [4.78, 5) is 28.9. The molecule has 5 nitrogen and oxygen atoms in total. The number of ether oxygens (including phenoxy) is 1. The van der Waals surface area contributed by atoms with Crippen molar-refractivity contribution >= 4 is 63.3 Å². The monoisotopic (exact) mass is 422 g/mol. The number of nitrogens with one attached hydrogen (secondary N) is 1. The fourth-order valence-corrected chi connectivity index (χ4v) is 3.39. The van der Waals surface area contributed by atoms with E-state index in [9.17, 15) is 9.59 Å². The average Bonchev–Trinajstić information content (AvgIpc) is 2.62. The highest BCUT2D eigenvalue weighted by molar-refractivity contribution is 6.41. The minimum Gasteiger partial charge on any atom is -0.462 e. The highest BCUT2D eigenvalue weighted by atomic mass is 35.5. The van der Waals surface area contributed by atoms with Crippen molar-refractivity contribution in [3.8, 4) is 0 Å². The summed E-state index contributed by atoms with van der Waals surface area (Å²) in [7, 11) is 0. The van der Waals surface area contributed by atoms with Crippen LogP contribution < -0.4 is 5.32 Å². The topological polar surface area (TPSA) is 68.3 Å². The van der Waals surface area contributed by atoms with E-state index in [2.05, 4.69) is 10.3 Å². The van der Waals surface area contributed by atoms with Gasteiger partial charge in [-0.3, -0.25) is 9.78 Å². The van der Waals surface area contributed by atoms with E-state index in [0.29, 0.717) is 16.6 Å². The molecule has 0 saturated carbocycles. The number of hydrogen-bond acceptors (Lipinski definition) is 4. The lowest BCUT2D eigenvalue weighted by atomic mass is 10.1. The summed E-state index contributed by atoms with van der Waals surface area (Å²) in [5.41, 5.74) is 1.15. The van der Waals surface area contributed by atoms with E-state index >= 15 is 0 Å². The highest BCUT2D eigenvalue weighted by Crippen LogP contribution is 2.32. The summed E-state index contributed by atoms with van der Waals surface area (Å²) in [5.74, 6) is -1.04. The third kappa shape index (κ3) is 3.86. The Morgan fingerprint density at radius 3 is 2.41 bits per heavy atom. The van der Waals surface area contributed by atoms with Crippen molar-refractivity contribution in [2.75, 3.05) is 11.9 Å². The molecule has 0 radical (unpaired) electrons. The van der Waals surface area contributed by atoms with Gasteiger partial charge in [0.2, 0.25) is 0 Å². The molecule has 3 aromatic rings. The van der Waals surface area contributed by atoms with Gasteiger partial charge < -0.3 is 10.1 Å². The Morgan fingerprint density at radius 2 is 1.74 bits per heavy atom. The maximum Gasteiger partial charge on any atom is 0.341 e. The summed E-state index contributed by atoms with van der Waals surface area (Å²) in [6.07, 6.45) is 1.32. The average molecular weight is 424 g/mol. The summed E-state index contributed by atoms with van der Waals surface area (Å²) in [6.45, 7) is 1.93. The maximum absolute atomic E-state index is 12.6. The van der Waals surface area contributed by atoms with Crippen LogP contribution in [0.1, 0.15) is 27.6 Å². The van der Waals surface area contributed by atoms with E-state index < -0.39 is 11.9 Å². The smallest absolute Gasteiger partial charge is 0.341 e. The van der Waals surface area contributed by atoms with Gasteiger partial charge in [0.05, 0.1) is 44.0 Å². The van der Waals surface area contributed by atoms with Crippen LogP contribution in [0, 0.1) is 0 Å². The zero-order valence-electron chi connectivity index (χ0n) is 14.1.